The molecule has 6 nitrogen and oxygen atoms in total. The normalized spacial score (nSPS) is 19.0. The Morgan fingerprint density at radius 2 is 2.04 bits per heavy atom. The van der Waals surface area contributed by atoms with Crippen LogP contribution in [0, 0.1) is 5.92 Å². The Morgan fingerprint density at radius 3 is 2.71 bits per heavy atom. The number of thiophene rings is 1. The minimum Gasteiger partial charge on any atom is -0.367 e. The molecule has 0 spiro atoms. The van der Waals surface area contributed by atoms with Crippen molar-refractivity contribution in [2.24, 2.45) is 5.92 Å². The Morgan fingerprint density at radius 1 is 1.25 bits per heavy atom. The first-order chi connectivity index (χ1) is 13.8. The molecular formula is C21H29N5OS. The predicted octanol–water partition coefficient (Wildman–Crippen LogP) is 3.62. The number of aromatic nitrogens is 2. The number of amides is 1. The van der Waals surface area contributed by atoms with Gasteiger partial charge in [0, 0.05) is 37.0 Å². The molecule has 150 valence electrons. The maximum atomic E-state index is 12.8. The lowest BCUT2D eigenvalue weighted by molar-refractivity contribution is -0.126. The highest BCUT2D eigenvalue weighted by Crippen LogP contribution is 2.32. The SMILES string of the molecule is CC[C@@H](NC(=O)C1CCN(c2cncnc2N2CCCC2)CC1)c1cccs1. The van der Waals surface area contributed by atoms with E-state index < -0.39 is 0 Å². The van der Waals surface area contributed by atoms with Gasteiger partial charge in [-0.15, -0.1) is 11.3 Å². The molecule has 1 atom stereocenters. The van der Waals surface area contributed by atoms with Crippen LogP contribution < -0.4 is 15.1 Å². The molecule has 28 heavy (non-hydrogen) atoms. The van der Waals surface area contributed by atoms with E-state index in [0.29, 0.717) is 0 Å². The van der Waals surface area contributed by atoms with Crippen molar-refractivity contribution in [3.05, 3.63) is 34.9 Å². The van der Waals surface area contributed by atoms with E-state index in [0.717, 1.165) is 56.9 Å². The topological polar surface area (TPSA) is 61.4 Å². The van der Waals surface area contributed by atoms with Crippen LogP contribution in [0.4, 0.5) is 11.5 Å². The summed E-state index contributed by atoms with van der Waals surface area (Å²) in [7, 11) is 0. The molecule has 2 aromatic heterocycles. The van der Waals surface area contributed by atoms with E-state index in [1.54, 1.807) is 17.7 Å². The molecule has 2 aliphatic rings. The summed E-state index contributed by atoms with van der Waals surface area (Å²) in [6.07, 6.45) is 8.72. The summed E-state index contributed by atoms with van der Waals surface area (Å²) in [5.74, 6) is 1.34. The lowest BCUT2D eigenvalue weighted by Crippen LogP contribution is -2.42. The van der Waals surface area contributed by atoms with Gasteiger partial charge in [-0.25, -0.2) is 9.97 Å². The Kier molecular flexibility index (Phi) is 6.10. The van der Waals surface area contributed by atoms with Gasteiger partial charge >= 0.3 is 0 Å². The van der Waals surface area contributed by atoms with E-state index in [1.165, 1.54) is 17.7 Å². The van der Waals surface area contributed by atoms with Gasteiger partial charge in [-0.2, -0.15) is 0 Å². The van der Waals surface area contributed by atoms with Gasteiger partial charge < -0.3 is 15.1 Å². The monoisotopic (exact) mass is 399 g/mol. The van der Waals surface area contributed by atoms with Crippen molar-refractivity contribution in [3.63, 3.8) is 0 Å². The highest BCUT2D eigenvalue weighted by atomic mass is 32.1. The van der Waals surface area contributed by atoms with Crippen LogP contribution in [0.5, 0.6) is 0 Å². The third kappa shape index (κ3) is 4.14. The fourth-order valence-corrected chi connectivity index (χ4v) is 5.11. The maximum absolute atomic E-state index is 12.8. The fraction of sp³-hybridized carbons (Fsp3) is 0.571. The average Bonchev–Trinajstić information content (AvgIpc) is 3.46. The van der Waals surface area contributed by atoms with E-state index in [4.69, 9.17) is 0 Å². The maximum Gasteiger partial charge on any atom is 0.223 e. The zero-order valence-corrected chi connectivity index (χ0v) is 17.3. The van der Waals surface area contributed by atoms with Gasteiger partial charge in [0.2, 0.25) is 5.91 Å². The first-order valence-electron chi connectivity index (χ1n) is 10.4. The van der Waals surface area contributed by atoms with Crippen molar-refractivity contribution in [3.8, 4) is 0 Å². The third-order valence-corrected chi connectivity index (χ3v) is 6.88. The summed E-state index contributed by atoms with van der Waals surface area (Å²) in [6, 6.07) is 4.29. The fourth-order valence-electron chi connectivity index (χ4n) is 4.25. The molecule has 0 aromatic carbocycles. The van der Waals surface area contributed by atoms with Crippen molar-refractivity contribution in [1.82, 2.24) is 15.3 Å². The minimum atomic E-state index is 0.0881. The summed E-state index contributed by atoms with van der Waals surface area (Å²) in [6.45, 7) is 6.03. The molecule has 4 heterocycles. The molecule has 2 aromatic rings. The van der Waals surface area contributed by atoms with Crippen LogP contribution in [0.3, 0.4) is 0 Å². The van der Waals surface area contributed by atoms with Gasteiger partial charge in [0.1, 0.15) is 6.33 Å². The zero-order valence-electron chi connectivity index (χ0n) is 16.5. The van der Waals surface area contributed by atoms with Crippen molar-refractivity contribution >= 4 is 28.7 Å². The number of piperidine rings is 1. The molecule has 7 heteroatoms. The molecule has 1 N–H and O–H groups in total. The summed E-state index contributed by atoms with van der Waals surface area (Å²) in [4.78, 5) is 27.6. The quantitative estimate of drug-likeness (QED) is 0.804. The van der Waals surface area contributed by atoms with Gasteiger partial charge in [0.15, 0.2) is 5.82 Å². The van der Waals surface area contributed by atoms with Crippen LogP contribution in [0.1, 0.15) is 49.9 Å². The number of carbonyl (C=O) groups excluding carboxylic acids is 1. The van der Waals surface area contributed by atoms with Crippen molar-refractivity contribution < 1.29 is 4.79 Å². The van der Waals surface area contributed by atoms with Crippen molar-refractivity contribution in [2.75, 3.05) is 36.0 Å². The molecule has 0 radical (unpaired) electrons. The van der Waals surface area contributed by atoms with Crippen LogP contribution in [-0.2, 0) is 4.79 Å². The minimum absolute atomic E-state index is 0.0881. The third-order valence-electron chi connectivity index (χ3n) is 5.90. The summed E-state index contributed by atoms with van der Waals surface area (Å²) < 4.78 is 0. The van der Waals surface area contributed by atoms with E-state index in [-0.39, 0.29) is 17.9 Å². The molecule has 0 bridgehead atoms. The first kappa shape index (κ1) is 19.2. The largest absolute Gasteiger partial charge is 0.367 e. The number of hydrogen-bond acceptors (Lipinski definition) is 6. The lowest BCUT2D eigenvalue weighted by atomic mass is 9.95. The molecular weight excluding hydrogens is 370 g/mol. The molecule has 4 rings (SSSR count). The van der Waals surface area contributed by atoms with Crippen LogP contribution >= 0.6 is 11.3 Å². The Labute approximate surface area is 171 Å². The van der Waals surface area contributed by atoms with Crippen LogP contribution in [0.25, 0.3) is 0 Å². The highest BCUT2D eigenvalue weighted by Gasteiger charge is 2.29. The van der Waals surface area contributed by atoms with Crippen LogP contribution in [-0.4, -0.2) is 42.1 Å². The first-order valence-corrected chi connectivity index (χ1v) is 11.3. The second kappa shape index (κ2) is 8.90. The second-order valence-electron chi connectivity index (χ2n) is 7.67. The highest BCUT2D eigenvalue weighted by molar-refractivity contribution is 7.10. The van der Waals surface area contributed by atoms with Crippen molar-refractivity contribution in [1.29, 1.82) is 0 Å². The molecule has 0 saturated carbocycles. The Bertz CT molecular complexity index is 767. The smallest absolute Gasteiger partial charge is 0.223 e. The Hall–Kier alpha value is -2.15. The van der Waals surface area contributed by atoms with Gasteiger partial charge in [-0.05, 0) is 43.6 Å². The summed E-state index contributed by atoms with van der Waals surface area (Å²) >= 11 is 1.71. The van der Waals surface area contributed by atoms with Gasteiger partial charge in [-0.1, -0.05) is 13.0 Å². The molecule has 0 unspecified atom stereocenters. The standard InChI is InChI=1S/C21H29N5OS/c1-2-17(19-6-5-13-28-19)24-21(27)16-7-11-25(12-8-16)18-14-22-15-23-20(18)26-9-3-4-10-26/h5-6,13-17H,2-4,7-12H2,1H3,(H,24,27)/t17-/m1/s1. The van der Waals surface area contributed by atoms with Crippen LogP contribution in [0.2, 0.25) is 0 Å². The summed E-state index contributed by atoms with van der Waals surface area (Å²) in [5, 5.41) is 5.34. The van der Waals surface area contributed by atoms with E-state index in [1.807, 2.05) is 12.3 Å². The number of nitrogens with zero attached hydrogens (tertiary/aromatic N) is 4. The number of hydrogen-bond donors (Lipinski definition) is 1. The number of nitrogens with one attached hydrogen (secondary N) is 1. The molecule has 1 amide bonds. The summed E-state index contributed by atoms with van der Waals surface area (Å²) in [5.41, 5.74) is 1.12. The van der Waals surface area contributed by atoms with E-state index in [9.17, 15) is 4.79 Å². The van der Waals surface area contributed by atoms with Crippen LogP contribution in [0.15, 0.2) is 30.0 Å². The van der Waals surface area contributed by atoms with Gasteiger partial charge in [0.25, 0.3) is 0 Å². The van der Waals surface area contributed by atoms with E-state index >= 15 is 0 Å². The second-order valence-corrected chi connectivity index (χ2v) is 8.65. The zero-order chi connectivity index (χ0) is 19.3. The average molecular weight is 400 g/mol. The number of carbonyl (C=O) groups is 1. The molecule has 2 aliphatic heterocycles. The molecule has 2 saturated heterocycles. The Balaban J connectivity index is 1.36. The number of rotatable bonds is 6. The predicted molar refractivity (Wildman–Crippen MR) is 114 cm³/mol. The van der Waals surface area contributed by atoms with Gasteiger partial charge in [-0.3, -0.25) is 4.79 Å². The van der Waals surface area contributed by atoms with E-state index in [2.05, 4.69) is 43.5 Å². The van der Waals surface area contributed by atoms with Crippen molar-refractivity contribution in [2.45, 2.75) is 45.1 Å². The van der Waals surface area contributed by atoms with Gasteiger partial charge in [0.05, 0.1) is 17.9 Å². The molecule has 2 fully saturated rings. The molecule has 0 aliphatic carbocycles. The lowest BCUT2D eigenvalue weighted by Gasteiger charge is -2.35. The number of anilines is 2.